The fourth-order valence-electron chi connectivity index (χ4n) is 1.69. The number of nitrogens with zero attached hydrogens (tertiary/aromatic N) is 1. The zero-order valence-corrected chi connectivity index (χ0v) is 14.4. The molecule has 5 nitrogen and oxygen atoms in total. The first-order valence-corrected chi connectivity index (χ1v) is 7.81. The molecule has 1 aromatic heterocycles. The molecule has 0 spiro atoms. The minimum atomic E-state index is 0.436. The Labute approximate surface area is 142 Å². The first kappa shape index (κ1) is 16.7. The topological polar surface area (TPSA) is 58.8 Å². The Morgan fingerprint density at radius 2 is 2.18 bits per heavy atom. The number of ether oxygens (including phenoxy) is 1. The van der Waals surface area contributed by atoms with Gasteiger partial charge in [0.1, 0.15) is 11.5 Å². The van der Waals surface area contributed by atoms with E-state index in [4.69, 9.17) is 21.4 Å². The summed E-state index contributed by atoms with van der Waals surface area (Å²) >= 11 is 8.56. The Bertz CT molecular complexity index is 658. The highest BCUT2D eigenvalue weighted by atomic mass is 79.9. The molecular weight excluding hydrogens is 366 g/mol. The molecule has 0 bridgehead atoms. The normalized spacial score (nSPS) is 10.8. The zero-order chi connectivity index (χ0) is 15.8. The van der Waals surface area contributed by atoms with Crippen LogP contribution in [0, 0.1) is 0 Å². The van der Waals surface area contributed by atoms with Gasteiger partial charge >= 0.3 is 0 Å². The second kappa shape index (κ2) is 8.67. The van der Waals surface area contributed by atoms with E-state index in [1.807, 2.05) is 36.4 Å². The predicted molar refractivity (Wildman–Crippen MR) is 95.1 cm³/mol. The van der Waals surface area contributed by atoms with Gasteiger partial charge in [0.15, 0.2) is 5.11 Å². The monoisotopic (exact) mass is 381 g/mol. The number of methoxy groups -OCH3 is 1. The number of benzene rings is 1. The fourth-order valence-corrected chi connectivity index (χ4v) is 2.32. The Kier molecular flexibility index (Phi) is 6.57. The smallest absolute Gasteiger partial charge is 0.187 e. The van der Waals surface area contributed by atoms with E-state index in [1.54, 1.807) is 13.3 Å². The summed E-state index contributed by atoms with van der Waals surface area (Å²) in [5, 5.41) is 7.41. The standard InChI is InChI=1S/C15H16BrN3O2S/c1-20-9-8-17-15(22)19-18-10-11-6-7-14(21-11)12-4-2-3-5-13(12)16/h2-7,10H,8-9H2,1H3,(H2,17,19,22)/b18-10-. The summed E-state index contributed by atoms with van der Waals surface area (Å²) in [4.78, 5) is 0. The van der Waals surface area contributed by atoms with Gasteiger partial charge in [0.25, 0.3) is 0 Å². The number of thiocarbonyl (C=S) groups is 1. The van der Waals surface area contributed by atoms with E-state index in [2.05, 4.69) is 31.8 Å². The number of furan rings is 1. The van der Waals surface area contributed by atoms with Crippen molar-refractivity contribution in [2.24, 2.45) is 5.10 Å². The molecule has 1 heterocycles. The summed E-state index contributed by atoms with van der Waals surface area (Å²) < 4.78 is 11.6. The lowest BCUT2D eigenvalue weighted by molar-refractivity contribution is 0.204. The summed E-state index contributed by atoms with van der Waals surface area (Å²) in [5.41, 5.74) is 3.71. The number of halogens is 1. The average molecular weight is 382 g/mol. The molecule has 0 aliphatic heterocycles. The zero-order valence-electron chi connectivity index (χ0n) is 12.0. The van der Waals surface area contributed by atoms with E-state index >= 15 is 0 Å². The lowest BCUT2D eigenvalue weighted by atomic mass is 10.2. The van der Waals surface area contributed by atoms with Crippen molar-refractivity contribution in [3.63, 3.8) is 0 Å². The van der Waals surface area contributed by atoms with Crippen molar-refractivity contribution in [3.05, 3.63) is 46.6 Å². The summed E-state index contributed by atoms with van der Waals surface area (Å²) in [6.07, 6.45) is 1.57. The van der Waals surface area contributed by atoms with Gasteiger partial charge in [-0.3, -0.25) is 5.43 Å². The molecule has 2 aromatic rings. The van der Waals surface area contributed by atoms with Crippen LogP contribution in [-0.2, 0) is 4.74 Å². The molecule has 0 saturated carbocycles. The quantitative estimate of drug-likeness (QED) is 0.348. The molecule has 0 amide bonds. The van der Waals surface area contributed by atoms with Crippen molar-refractivity contribution in [1.29, 1.82) is 0 Å². The average Bonchev–Trinajstić information content (AvgIpc) is 2.97. The van der Waals surface area contributed by atoms with Crippen LogP contribution in [0.15, 0.2) is 50.4 Å². The van der Waals surface area contributed by atoms with Crippen LogP contribution in [-0.4, -0.2) is 31.6 Å². The van der Waals surface area contributed by atoms with Gasteiger partial charge in [-0.05, 0) is 30.4 Å². The molecule has 0 fully saturated rings. The highest BCUT2D eigenvalue weighted by molar-refractivity contribution is 9.10. The number of nitrogens with one attached hydrogen (secondary N) is 2. The summed E-state index contributed by atoms with van der Waals surface area (Å²) in [5.74, 6) is 1.41. The molecule has 0 radical (unpaired) electrons. The highest BCUT2D eigenvalue weighted by Gasteiger charge is 2.06. The van der Waals surface area contributed by atoms with Crippen molar-refractivity contribution in [2.45, 2.75) is 0 Å². The van der Waals surface area contributed by atoms with Crippen LogP contribution >= 0.6 is 28.1 Å². The minimum Gasteiger partial charge on any atom is -0.455 e. The maximum absolute atomic E-state index is 5.73. The molecular formula is C15H16BrN3O2S. The third-order valence-corrected chi connectivity index (χ3v) is 3.64. The summed E-state index contributed by atoms with van der Waals surface area (Å²) in [6.45, 7) is 1.21. The molecule has 22 heavy (non-hydrogen) atoms. The largest absolute Gasteiger partial charge is 0.455 e. The van der Waals surface area contributed by atoms with E-state index in [9.17, 15) is 0 Å². The van der Waals surface area contributed by atoms with E-state index in [1.165, 1.54) is 0 Å². The van der Waals surface area contributed by atoms with Crippen LogP contribution in [0.4, 0.5) is 0 Å². The van der Waals surface area contributed by atoms with Crippen LogP contribution in [0.3, 0.4) is 0 Å². The first-order chi connectivity index (χ1) is 10.7. The van der Waals surface area contributed by atoms with Gasteiger partial charge < -0.3 is 14.5 Å². The molecule has 116 valence electrons. The molecule has 2 N–H and O–H groups in total. The van der Waals surface area contributed by atoms with Gasteiger partial charge in [-0.2, -0.15) is 5.10 Å². The van der Waals surface area contributed by atoms with Crippen LogP contribution in [0.5, 0.6) is 0 Å². The van der Waals surface area contributed by atoms with Crippen molar-refractivity contribution in [1.82, 2.24) is 10.7 Å². The maximum atomic E-state index is 5.73. The van der Waals surface area contributed by atoms with Crippen molar-refractivity contribution in [3.8, 4) is 11.3 Å². The van der Waals surface area contributed by atoms with E-state index in [0.717, 1.165) is 15.8 Å². The molecule has 0 aliphatic rings. The van der Waals surface area contributed by atoms with Crippen molar-refractivity contribution in [2.75, 3.05) is 20.3 Å². The van der Waals surface area contributed by atoms with Gasteiger partial charge in [-0.25, -0.2) is 0 Å². The number of hydrogen-bond acceptors (Lipinski definition) is 4. The highest BCUT2D eigenvalue weighted by Crippen LogP contribution is 2.28. The van der Waals surface area contributed by atoms with Gasteiger partial charge in [0.2, 0.25) is 0 Å². The van der Waals surface area contributed by atoms with Gasteiger partial charge in [-0.1, -0.05) is 34.1 Å². The maximum Gasteiger partial charge on any atom is 0.187 e. The second-order valence-corrected chi connectivity index (χ2v) is 5.56. The Morgan fingerprint density at radius 1 is 1.36 bits per heavy atom. The van der Waals surface area contributed by atoms with Crippen LogP contribution < -0.4 is 10.7 Å². The third-order valence-electron chi connectivity index (χ3n) is 2.72. The van der Waals surface area contributed by atoms with Crippen LogP contribution in [0.25, 0.3) is 11.3 Å². The molecule has 0 unspecified atom stereocenters. The van der Waals surface area contributed by atoms with Gasteiger partial charge in [-0.15, -0.1) is 0 Å². The van der Waals surface area contributed by atoms with E-state index < -0.39 is 0 Å². The lowest BCUT2D eigenvalue weighted by Gasteiger charge is -2.05. The summed E-state index contributed by atoms with van der Waals surface area (Å²) in [7, 11) is 1.63. The number of rotatable bonds is 6. The van der Waals surface area contributed by atoms with Crippen molar-refractivity contribution < 1.29 is 9.15 Å². The van der Waals surface area contributed by atoms with Crippen LogP contribution in [0.1, 0.15) is 5.76 Å². The first-order valence-electron chi connectivity index (χ1n) is 6.61. The molecule has 2 rings (SSSR count). The van der Waals surface area contributed by atoms with E-state index in [0.29, 0.717) is 24.0 Å². The van der Waals surface area contributed by atoms with Gasteiger partial charge in [0, 0.05) is 23.7 Å². The third kappa shape index (κ3) is 4.94. The fraction of sp³-hybridized carbons (Fsp3) is 0.200. The minimum absolute atomic E-state index is 0.436. The molecule has 0 aliphatic carbocycles. The summed E-state index contributed by atoms with van der Waals surface area (Å²) in [6, 6.07) is 11.6. The van der Waals surface area contributed by atoms with Crippen LogP contribution in [0.2, 0.25) is 0 Å². The molecule has 1 aromatic carbocycles. The number of hydrazone groups is 1. The number of hydrogen-bond donors (Lipinski definition) is 2. The predicted octanol–water partition coefficient (Wildman–Crippen LogP) is 3.15. The molecule has 7 heteroatoms. The van der Waals surface area contributed by atoms with Gasteiger partial charge in [0.05, 0.1) is 12.8 Å². The molecule has 0 atom stereocenters. The second-order valence-electron chi connectivity index (χ2n) is 4.30. The SMILES string of the molecule is COCCNC(=S)N/N=C\c1ccc(-c2ccccc2Br)o1. The molecule has 0 saturated heterocycles. The van der Waals surface area contributed by atoms with Crippen molar-refractivity contribution >= 4 is 39.5 Å². The van der Waals surface area contributed by atoms with E-state index in [-0.39, 0.29) is 0 Å². The lowest BCUT2D eigenvalue weighted by Crippen LogP contribution is -2.34. The Morgan fingerprint density at radius 3 is 2.95 bits per heavy atom. The Hall–Kier alpha value is -1.70. The Balaban J connectivity index is 1.91.